The maximum atomic E-state index is 5.87. The Morgan fingerprint density at radius 2 is 1.90 bits per heavy atom. The van der Waals surface area contributed by atoms with E-state index in [-0.39, 0.29) is 0 Å². The number of anilines is 1. The Morgan fingerprint density at radius 1 is 1.10 bits per heavy atom. The lowest BCUT2D eigenvalue weighted by atomic mass is 10.1. The number of nitrogens with one attached hydrogen (secondary N) is 1. The third kappa shape index (κ3) is 3.73. The highest BCUT2D eigenvalue weighted by Crippen LogP contribution is 2.21. The lowest BCUT2D eigenvalue weighted by Gasteiger charge is -2.11. The molecule has 0 saturated carbocycles. The third-order valence-corrected chi connectivity index (χ3v) is 3.29. The van der Waals surface area contributed by atoms with Crippen LogP contribution in [0.25, 0.3) is 0 Å². The maximum Gasteiger partial charge on any atom is 0.130 e. The highest BCUT2D eigenvalue weighted by molar-refractivity contribution is 5.39. The van der Waals surface area contributed by atoms with Crippen LogP contribution in [-0.2, 0) is 6.61 Å². The smallest absolute Gasteiger partial charge is 0.130 e. The van der Waals surface area contributed by atoms with Crippen LogP contribution < -0.4 is 10.1 Å². The van der Waals surface area contributed by atoms with E-state index in [1.165, 1.54) is 11.1 Å². The Morgan fingerprint density at radius 3 is 2.70 bits per heavy atom. The van der Waals surface area contributed by atoms with Gasteiger partial charge in [0.05, 0.1) is 5.69 Å². The molecule has 0 radical (unpaired) electrons. The van der Waals surface area contributed by atoms with Gasteiger partial charge in [0.25, 0.3) is 0 Å². The quantitative estimate of drug-likeness (QED) is 0.858. The zero-order valence-electron chi connectivity index (χ0n) is 12.4. The molecule has 0 bridgehead atoms. The van der Waals surface area contributed by atoms with Crippen LogP contribution in [0, 0.1) is 13.8 Å². The van der Waals surface area contributed by atoms with Crippen molar-refractivity contribution < 1.29 is 4.74 Å². The summed E-state index contributed by atoms with van der Waals surface area (Å²) >= 11 is 0. The van der Waals surface area contributed by atoms with Crippen LogP contribution >= 0.6 is 0 Å². The van der Waals surface area contributed by atoms with Gasteiger partial charge in [0.2, 0.25) is 0 Å². The number of hydrogen-bond acceptors (Lipinski definition) is 3. The first kappa shape index (κ1) is 14.4. The number of rotatable bonds is 6. The van der Waals surface area contributed by atoms with E-state index in [2.05, 4.69) is 37.1 Å². The van der Waals surface area contributed by atoms with E-state index in [0.717, 1.165) is 30.2 Å². The second kappa shape index (κ2) is 6.94. The predicted molar refractivity (Wildman–Crippen MR) is 83.3 cm³/mol. The number of ether oxygens (including phenoxy) is 1. The molecule has 0 aliphatic rings. The maximum absolute atomic E-state index is 5.87. The van der Waals surface area contributed by atoms with Crippen LogP contribution in [-0.4, -0.2) is 11.5 Å². The molecule has 1 heterocycles. The third-order valence-electron chi connectivity index (χ3n) is 3.29. The summed E-state index contributed by atoms with van der Waals surface area (Å²) in [4.78, 5) is 4.54. The van der Waals surface area contributed by atoms with E-state index in [4.69, 9.17) is 4.74 Å². The Balaban J connectivity index is 2.01. The summed E-state index contributed by atoms with van der Waals surface area (Å²) in [6.45, 7) is 7.74. The van der Waals surface area contributed by atoms with E-state index in [0.29, 0.717) is 6.61 Å². The molecule has 0 atom stereocenters. The normalized spacial score (nSPS) is 10.3. The van der Waals surface area contributed by atoms with Crippen molar-refractivity contribution in [2.24, 2.45) is 0 Å². The molecule has 0 fully saturated rings. The number of nitrogens with zero attached hydrogens (tertiary/aromatic N) is 1. The van der Waals surface area contributed by atoms with Crippen LogP contribution in [0.5, 0.6) is 5.75 Å². The lowest BCUT2D eigenvalue weighted by molar-refractivity contribution is 0.299. The van der Waals surface area contributed by atoms with Crippen molar-refractivity contribution in [1.82, 2.24) is 4.98 Å². The van der Waals surface area contributed by atoms with Gasteiger partial charge in [0, 0.05) is 6.54 Å². The van der Waals surface area contributed by atoms with Crippen molar-refractivity contribution in [3.63, 3.8) is 0 Å². The molecule has 0 aliphatic carbocycles. The van der Waals surface area contributed by atoms with Crippen molar-refractivity contribution in [2.45, 2.75) is 33.8 Å². The van der Waals surface area contributed by atoms with Gasteiger partial charge < -0.3 is 10.1 Å². The molecule has 3 nitrogen and oxygen atoms in total. The first-order valence-electron chi connectivity index (χ1n) is 7.09. The van der Waals surface area contributed by atoms with Gasteiger partial charge in [-0.15, -0.1) is 0 Å². The average Bonchev–Trinajstić information content (AvgIpc) is 2.47. The van der Waals surface area contributed by atoms with Crippen molar-refractivity contribution in [3.05, 3.63) is 53.2 Å². The molecular formula is C17H22N2O. The molecule has 106 valence electrons. The fourth-order valence-corrected chi connectivity index (χ4v) is 1.94. The van der Waals surface area contributed by atoms with E-state index < -0.39 is 0 Å². The summed E-state index contributed by atoms with van der Waals surface area (Å²) in [7, 11) is 0. The first-order chi connectivity index (χ1) is 9.70. The molecular weight excluding hydrogens is 248 g/mol. The van der Waals surface area contributed by atoms with E-state index in [9.17, 15) is 0 Å². The molecule has 0 amide bonds. The largest absolute Gasteiger partial charge is 0.487 e. The van der Waals surface area contributed by atoms with Gasteiger partial charge in [-0.25, -0.2) is 4.98 Å². The molecule has 1 aromatic heterocycles. The van der Waals surface area contributed by atoms with Gasteiger partial charge in [0.15, 0.2) is 0 Å². The monoisotopic (exact) mass is 270 g/mol. The van der Waals surface area contributed by atoms with E-state index in [1.807, 2.05) is 30.3 Å². The first-order valence-corrected chi connectivity index (χ1v) is 7.09. The summed E-state index contributed by atoms with van der Waals surface area (Å²) in [5.41, 5.74) is 3.37. The summed E-state index contributed by atoms with van der Waals surface area (Å²) < 4.78 is 5.87. The van der Waals surface area contributed by atoms with Gasteiger partial charge in [-0.05, 0) is 49.6 Å². The number of pyridine rings is 1. The molecule has 2 aromatic rings. The number of aryl methyl sites for hydroxylation is 1. The summed E-state index contributed by atoms with van der Waals surface area (Å²) in [6, 6.07) is 12.1. The number of hydrogen-bond donors (Lipinski definition) is 1. The fourth-order valence-electron chi connectivity index (χ4n) is 1.94. The highest BCUT2D eigenvalue weighted by Gasteiger charge is 2.03. The molecule has 0 saturated heterocycles. The average molecular weight is 270 g/mol. The lowest BCUT2D eigenvalue weighted by Crippen LogP contribution is -2.05. The van der Waals surface area contributed by atoms with Gasteiger partial charge in [-0.1, -0.05) is 25.1 Å². The van der Waals surface area contributed by atoms with Gasteiger partial charge >= 0.3 is 0 Å². The van der Waals surface area contributed by atoms with Crippen LogP contribution in [0.1, 0.15) is 30.2 Å². The molecule has 2 rings (SSSR count). The molecule has 1 N–H and O–H groups in total. The van der Waals surface area contributed by atoms with Crippen LogP contribution in [0.3, 0.4) is 0 Å². The van der Waals surface area contributed by atoms with Crippen molar-refractivity contribution in [2.75, 3.05) is 11.9 Å². The number of benzene rings is 1. The predicted octanol–water partition coefficient (Wildman–Crippen LogP) is 4.10. The Kier molecular flexibility index (Phi) is 4.99. The molecule has 0 unspecified atom stereocenters. The zero-order chi connectivity index (χ0) is 14.4. The number of aromatic nitrogens is 1. The standard InChI is InChI=1S/C17H22N2O/c1-4-11-18-17-10-6-8-15(19-17)12-20-16-9-5-7-13(2)14(16)3/h5-10H,4,11-12H2,1-3H3,(H,18,19). The van der Waals surface area contributed by atoms with Gasteiger partial charge in [-0.3, -0.25) is 0 Å². The van der Waals surface area contributed by atoms with Gasteiger partial charge in [0.1, 0.15) is 18.2 Å². The summed E-state index contributed by atoms with van der Waals surface area (Å²) in [5, 5.41) is 3.29. The van der Waals surface area contributed by atoms with Crippen molar-refractivity contribution in [1.29, 1.82) is 0 Å². The fraction of sp³-hybridized carbons (Fsp3) is 0.353. The van der Waals surface area contributed by atoms with Crippen LogP contribution in [0.4, 0.5) is 5.82 Å². The highest BCUT2D eigenvalue weighted by atomic mass is 16.5. The van der Waals surface area contributed by atoms with E-state index in [1.54, 1.807) is 0 Å². The SMILES string of the molecule is CCCNc1cccc(COc2cccc(C)c2C)n1. The molecule has 1 aromatic carbocycles. The summed E-state index contributed by atoms with van der Waals surface area (Å²) in [5.74, 6) is 1.84. The second-order valence-electron chi connectivity index (χ2n) is 4.93. The van der Waals surface area contributed by atoms with Crippen molar-refractivity contribution >= 4 is 5.82 Å². The molecule has 0 spiro atoms. The second-order valence-corrected chi connectivity index (χ2v) is 4.93. The summed E-state index contributed by atoms with van der Waals surface area (Å²) in [6.07, 6.45) is 1.09. The van der Waals surface area contributed by atoms with E-state index >= 15 is 0 Å². The molecule has 0 aliphatic heterocycles. The van der Waals surface area contributed by atoms with Crippen molar-refractivity contribution in [3.8, 4) is 5.75 Å². The van der Waals surface area contributed by atoms with Crippen LogP contribution in [0.15, 0.2) is 36.4 Å². The molecule has 3 heteroatoms. The van der Waals surface area contributed by atoms with Crippen LogP contribution in [0.2, 0.25) is 0 Å². The minimum Gasteiger partial charge on any atom is -0.487 e. The minimum atomic E-state index is 0.492. The topological polar surface area (TPSA) is 34.1 Å². The minimum absolute atomic E-state index is 0.492. The van der Waals surface area contributed by atoms with Gasteiger partial charge in [-0.2, -0.15) is 0 Å². The Labute approximate surface area is 121 Å². The Hall–Kier alpha value is -2.03. The molecule has 20 heavy (non-hydrogen) atoms. The Bertz CT molecular complexity index is 567. The zero-order valence-corrected chi connectivity index (χ0v) is 12.4.